The maximum Gasteiger partial charge on any atom is 0.267 e. The van der Waals surface area contributed by atoms with Gasteiger partial charge in [-0.25, -0.2) is 0 Å². The Labute approximate surface area is 154 Å². The Morgan fingerprint density at radius 3 is 2.56 bits per heavy atom. The van der Waals surface area contributed by atoms with Crippen LogP contribution in [0.5, 0.6) is 0 Å². The highest BCUT2D eigenvalue weighted by atomic mass is 35.5. The largest absolute Gasteiger partial charge is 0.351 e. The van der Waals surface area contributed by atoms with E-state index in [-0.39, 0.29) is 5.91 Å². The summed E-state index contributed by atoms with van der Waals surface area (Å²) in [7, 11) is 0. The van der Waals surface area contributed by atoms with Crippen LogP contribution in [0.2, 0.25) is 10.0 Å². The first kappa shape index (κ1) is 16.0. The van der Waals surface area contributed by atoms with Crippen LogP contribution in [0.25, 0.3) is 22.0 Å². The first-order valence-electron chi connectivity index (χ1n) is 7.89. The summed E-state index contributed by atoms with van der Waals surface area (Å²) in [5.74, 6) is -0.0951. The zero-order valence-corrected chi connectivity index (χ0v) is 14.7. The van der Waals surface area contributed by atoms with E-state index in [0.717, 1.165) is 35.0 Å². The summed E-state index contributed by atoms with van der Waals surface area (Å²) in [6, 6.07) is 13.0. The normalized spacial score (nSPS) is 13.9. The number of amides is 1. The Morgan fingerprint density at radius 2 is 1.84 bits per heavy atom. The maximum atomic E-state index is 12.3. The molecule has 0 saturated heterocycles. The van der Waals surface area contributed by atoms with Crippen LogP contribution in [0.1, 0.15) is 22.5 Å². The fraction of sp³-hybridized carbons (Fsp3) is 0.158. The number of halogens is 2. The molecule has 6 heteroatoms. The van der Waals surface area contributed by atoms with Crippen molar-refractivity contribution in [2.24, 2.45) is 0 Å². The van der Waals surface area contributed by atoms with E-state index in [1.165, 1.54) is 0 Å². The van der Waals surface area contributed by atoms with Crippen LogP contribution in [0.15, 0.2) is 36.4 Å². The van der Waals surface area contributed by atoms with Crippen molar-refractivity contribution in [3.8, 4) is 17.2 Å². The van der Waals surface area contributed by atoms with Crippen molar-refractivity contribution in [1.29, 1.82) is 5.26 Å². The van der Waals surface area contributed by atoms with Gasteiger partial charge in [0.15, 0.2) is 0 Å². The molecule has 1 aliphatic rings. The molecule has 2 aromatic carbocycles. The highest BCUT2D eigenvalue weighted by Gasteiger charge is 2.21. The number of aromatic nitrogens is 1. The summed E-state index contributed by atoms with van der Waals surface area (Å²) in [5, 5.41) is 14.2. The lowest BCUT2D eigenvalue weighted by atomic mass is 10.00. The summed E-state index contributed by atoms with van der Waals surface area (Å²) in [6.07, 6.45) is 0.845. The topological polar surface area (TPSA) is 57.8 Å². The quantitative estimate of drug-likeness (QED) is 0.680. The van der Waals surface area contributed by atoms with Crippen LogP contribution >= 0.6 is 23.2 Å². The summed E-state index contributed by atoms with van der Waals surface area (Å²) < 4.78 is 2.02. The van der Waals surface area contributed by atoms with E-state index >= 15 is 0 Å². The van der Waals surface area contributed by atoms with Crippen LogP contribution in [-0.4, -0.2) is 17.0 Å². The monoisotopic (exact) mass is 369 g/mol. The summed E-state index contributed by atoms with van der Waals surface area (Å²) in [6.45, 7) is 1.38. The molecule has 1 aromatic heterocycles. The third-order valence-electron chi connectivity index (χ3n) is 4.37. The molecule has 2 heterocycles. The highest BCUT2D eigenvalue weighted by molar-refractivity contribution is 6.35. The van der Waals surface area contributed by atoms with Gasteiger partial charge in [0.1, 0.15) is 5.69 Å². The number of hydrogen-bond donors (Lipinski definition) is 1. The highest BCUT2D eigenvalue weighted by Crippen LogP contribution is 2.35. The molecule has 0 unspecified atom stereocenters. The minimum absolute atomic E-state index is 0.0951. The van der Waals surface area contributed by atoms with Crippen LogP contribution in [0.3, 0.4) is 0 Å². The molecule has 4 nitrogen and oxygen atoms in total. The summed E-state index contributed by atoms with van der Waals surface area (Å²) in [4.78, 5) is 12.3. The van der Waals surface area contributed by atoms with Crippen LogP contribution in [0, 0.1) is 11.3 Å². The van der Waals surface area contributed by atoms with E-state index < -0.39 is 0 Å². The second-order valence-electron chi connectivity index (χ2n) is 6.02. The lowest BCUT2D eigenvalue weighted by molar-refractivity contribution is 0.0951. The molecule has 1 N–H and O–H groups in total. The van der Waals surface area contributed by atoms with Crippen LogP contribution in [-0.2, 0) is 6.54 Å². The van der Waals surface area contributed by atoms with Crippen molar-refractivity contribution >= 4 is 40.0 Å². The number of carbonyl (C=O) groups is 1. The molecule has 0 spiro atoms. The molecule has 0 radical (unpaired) electrons. The van der Waals surface area contributed by atoms with E-state index in [2.05, 4.69) is 11.4 Å². The van der Waals surface area contributed by atoms with Gasteiger partial charge in [-0.05, 0) is 48.4 Å². The molecule has 0 aliphatic carbocycles. The third-order valence-corrected chi connectivity index (χ3v) is 4.81. The van der Waals surface area contributed by atoms with Gasteiger partial charge in [0.25, 0.3) is 5.91 Å². The summed E-state index contributed by atoms with van der Waals surface area (Å²) in [5.41, 5.74) is 3.73. The number of fused-ring (bicyclic) bond motifs is 3. The van der Waals surface area contributed by atoms with Gasteiger partial charge in [0.05, 0.1) is 17.1 Å². The second-order valence-corrected chi connectivity index (χ2v) is 6.90. The SMILES string of the molecule is N#Cc1cc(-c2cc(Cl)cc(Cl)c2)c2c(c1)cc1n2CCCNC1=O. The van der Waals surface area contributed by atoms with E-state index in [0.29, 0.717) is 27.8 Å². The van der Waals surface area contributed by atoms with Gasteiger partial charge in [-0.3, -0.25) is 4.79 Å². The predicted octanol–water partition coefficient (Wildman–Crippen LogP) is 4.62. The average molecular weight is 370 g/mol. The number of nitriles is 1. The molecule has 1 aliphatic heterocycles. The number of carbonyl (C=O) groups excluding carboxylic acids is 1. The average Bonchev–Trinajstić information content (AvgIpc) is 2.85. The first-order valence-corrected chi connectivity index (χ1v) is 8.64. The Kier molecular flexibility index (Phi) is 3.91. The molecule has 0 fully saturated rings. The zero-order chi connectivity index (χ0) is 17.6. The fourth-order valence-electron chi connectivity index (χ4n) is 3.36. The molecule has 3 aromatic rings. The third kappa shape index (κ3) is 2.76. The molecular weight excluding hydrogens is 357 g/mol. The van der Waals surface area contributed by atoms with Gasteiger partial charge in [0.2, 0.25) is 0 Å². The molecule has 0 atom stereocenters. The first-order chi connectivity index (χ1) is 12.1. The van der Waals surface area contributed by atoms with Crippen molar-refractivity contribution < 1.29 is 4.79 Å². The molecule has 124 valence electrons. The lowest BCUT2D eigenvalue weighted by Crippen LogP contribution is -2.22. The molecule has 0 saturated carbocycles. The number of nitrogens with zero attached hydrogens (tertiary/aromatic N) is 2. The molecular formula is C19H13Cl2N3O. The van der Waals surface area contributed by atoms with Gasteiger partial charge >= 0.3 is 0 Å². The Morgan fingerprint density at radius 1 is 1.08 bits per heavy atom. The van der Waals surface area contributed by atoms with Crippen molar-refractivity contribution in [1.82, 2.24) is 9.88 Å². The van der Waals surface area contributed by atoms with E-state index in [4.69, 9.17) is 23.2 Å². The van der Waals surface area contributed by atoms with Crippen molar-refractivity contribution in [2.75, 3.05) is 6.54 Å². The Balaban J connectivity index is 2.09. The molecule has 1 amide bonds. The number of benzene rings is 2. The van der Waals surface area contributed by atoms with Gasteiger partial charge in [0, 0.05) is 34.1 Å². The van der Waals surface area contributed by atoms with Crippen molar-refractivity contribution in [3.05, 3.63) is 57.7 Å². The number of rotatable bonds is 1. The lowest BCUT2D eigenvalue weighted by Gasteiger charge is -2.11. The van der Waals surface area contributed by atoms with E-state index in [9.17, 15) is 10.1 Å². The maximum absolute atomic E-state index is 12.3. The van der Waals surface area contributed by atoms with Crippen LogP contribution in [0.4, 0.5) is 0 Å². The zero-order valence-electron chi connectivity index (χ0n) is 13.1. The van der Waals surface area contributed by atoms with Gasteiger partial charge in [-0.15, -0.1) is 0 Å². The minimum atomic E-state index is -0.0951. The van der Waals surface area contributed by atoms with Gasteiger partial charge in [-0.1, -0.05) is 23.2 Å². The molecule has 4 rings (SSSR count). The van der Waals surface area contributed by atoms with E-state index in [1.54, 1.807) is 12.1 Å². The predicted molar refractivity (Wildman–Crippen MR) is 99.1 cm³/mol. The van der Waals surface area contributed by atoms with Gasteiger partial charge in [-0.2, -0.15) is 5.26 Å². The smallest absolute Gasteiger partial charge is 0.267 e. The van der Waals surface area contributed by atoms with Gasteiger partial charge < -0.3 is 9.88 Å². The fourth-order valence-corrected chi connectivity index (χ4v) is 3.88. The molecule has 25 heavy (non-hydrogen) atoms. The summed E-state index contributed by atoms with van der Waals surface area (Å²) >= 11 is 12.3. The molecule has 0 bridgehead atoms. The number of hydrogen-bond acceptors (Lipinski definition) is 2. The minimum Gasteiger partial charge on any atom is -0.351 e. The van der Waals surface area contributed by atoms with Crippen molar-refractivity contribution in [2.45, 2.75) is 13.0 Å². The number of aryl methyl sites for hydroxylation is 1. The Hall–Kier alpha value is -2.48. The standard InChI is InChI=1S/C19H13Cl2N3O/c20-14-6-12(7-15(21)9-14)16-5-11(10-22)4-13-8-17-19(25)23-2-1-3-24(17)18(13)16/h4-9H,1-3H2,(H,23,25). The van der Waals surface area contributed by atoms with E-state index in [1.807, 2.05) is 28.8 Å². The number of nitrogens with one attached hydrogen (secondary N) is 1. The van der Waals surface area contributed by atoms with Crippen LogP contribution < -0.4 is 5.32 Å². The second kappa shape index (κ2) is 6.11. The van der Waals surface area contributed by atoms with Crippen molar-refractivity contribution in [3.63, 3.8) is 0 Å². The Bertz CT molecular complexity index is 1040.